The molecule has 28 heavy (non-hydrogen) atoms. The van der Waals surface area contributed by atoms with E-state index in [0.29, 0.717) is 19.6 Å². The number of rotatable bonds is 7. The predicted molar refractivity (Wildman–Crippen MR) is 112 cm³/mol. The third kappa shape index (κ3) is 4.54. The Labute approximate surface area is 167 Å². The van der Waals surface area contributed by atoms with Crippen LogP contribution in [0, 0.1) is 5.92 Å². The van der Waals surface area contributed by atoms with Crippen LogP contribution in [0.4, 0.5) is 0 Å². The molecule has 1 unspecified atom stereocenters. The van der Waals surface area contributed by atoms with Crippen LogP contribution in [0.1, 0.15) is 24.0 Å². The zero-order chi connectivity index (χ0) is 20.0. The molecule has 1 amide bonds. The van der Waals surface area contributed by atoms with Crippen molar-refractivity contribution in [2.45, 2.75) is 24.8 Å². The quantitative estimate of drug-likeness (QED) is 0.690. The molecule has 5 nitrogen and oxygen atoms in total. The van der Waals surface area contributed by atoms with Crippen LogP contribution >= 0.6 is 0 Å². The van der Waals surface area contributed by atoms with Gasteiger partial charge >= 0.3 is 0 Å². The summed E-state index contributed by atoms with van der Waals surface area (Å²) in [5.41, 5.74) is 2.07. The molecule has 1 aliphatic rings. The van der Waals surface area contributed by atoms with Crippen LogP contribution in [0.3, 0.4) is 0 Å². The number of phenols is 1. The number of carbonyl (C=O) groups excluding carboxylic acids is 1. The maximum Gasteiger partial charge on any atom is 0.227 e. The van der Waals surface area contributed by atoms with E-state index in [1.165, 1.54) is 5.56 Å². The summed E-state index contributed by atoms with van der Waals surface area (Å²) in [6.07, 6.45) is 2.41. The fourth-order valence-corrected chi connectivity index (χ4v) is 4.25. The Bertz CT molecular complexity index is 770. The molecule has 2 aromatic carbocycles. The molecular formula is C23H31N3O2. The molecule has 0 spiro atoms. The molecule has 0 radical (unpaired) electrons. The van der Waals surface area contributed by atoms with Crippen LogP contribution in [-0.4, -0.2) is 49.6 Å². The monoisotopic (exact) mass is 381 g/mol. The van der Waals surface area contributed by atoms with Crippen molar-refractivity contribution in [2.24, 2.45) is 5.92 Å². The summed E-state index contributed by atoms with van der Waals surface area (Å²) in [4.78, 5) is 15.2. The van der Waals surface area contributed by atoms with Crippen molar-refractivity contribution in [3.63, 3.8) is 0 Å². The first-order chi connectivity index (χ1) is 13.6. The number of likely N-dealkylation sites (tertiary alicyclic amines) is 1. The largest absolute Gasteiger partial charge is 0.508 e. The van der Waals surface area contributed by atoms with Gasteiger partial charge in [-0.1, -0.05) is 42.5 Å². The maximum atomic E-state index is 13.2. The molecule has 150 valence electrons. The Morgan fingerprint density at radius 3 is 2.43 bits per heavy atom. The Balaban J connectivity index is 1.68. The lowest BCUT2D eigenvalue weighted by molar-refractivity contribution is -0.137. The number of nitrogens with zero attached hydrogens (tertiary/aromatic N) is 1. The fraction of sp³-hybridized carbons (Fsp3) is 0.435. The lowest BCUT2D eigenvalue weighted by Gasteiger charge is -2.43. The van der Waals surface area contributed by atoms with Gasteiger partial charge in [-0.3, -0.25) is 4.79 Å². The Morgan fingerprint density at radius 2 is 1.82 bits per heavy atom. The summed E-state index contributed by atoms with van der Waals surface area (Å²) in [6.45, 7) is 2.10. The van der Waals surface area contributed by atoms with Crippen molar-refractivity contribution < 1.29 is 9.90 Å². The molecule has 5 heteroatoms. The number of aromatic hydroxyl groups is 1. The van der Waals surface area contributed by atoms with Gasteiger partial charge in [-0.15, -0.1) is 0 Å². The van der Waals surface area contributed by atoms with Gasteiger partial charge in [-0.05, 0) is 56.6 Å². The number of nitrogens with one attached hydrogen (secondary N) is 2. The second kappa shape index (κ2) is 9.22. The van der Waals surface area contributed by atoms with E-state index < -0.39 is 0 Å². The molecule has 1 heterocycles. The second-order valence-electron chi connectivity index (χ2n) is 7.65. The number of hydrogen-bond acceptors (Lipinski definition) is 4. The maximum absolute atomic E-state index is 13.2. The van der Waals surface area contributed by atoms with Gasteiger partial charge in [0, 0.05) is 25.2 Å². The van der Waals surface area contributed by atoms with Crippen LogP contribution in [-0.2, 0) is 16.8 Å². The van der Waals surface area contributed by atoms with Crippen molar-refractivity contribution in [1.82, 2.24) is 15.5 Å². The molecule has 1 aliphatic heterocycles. The first-order valence-electron chi connectivity index (χ1n) is 10.0. The van der Waals surface area contributed by atoms with E-state index in [0.717, 1.165) is 24.8 Å². The van der Waals surface area contributed by atoms with Crippen LogP contribution in [0.5, 0.6) is 5.75 Å². The van der Waals surface area contributed by atoms with Gasteiger partial charge in [0.25, 0.3) is 0 Å². The van der Waals surface area contributed by atoms with E-state index in [1.54, 1.807) is 6.07 Å². The third-order valence-electron chi connectivity index (χ3n) is 5.93. The first-order valence-corrected chi connectivity index (χ1v) is 10.0. The molecule has 0 bridgehead atoms. The molecule has 1 fully saturated rings. The molecule has 3 N–H and O–H groups in total. The summed E-state index contributed by atoms with van der Waals surface area (Å²) < 4.78 is 0. The van der Waals surface area contributed by atoms with E-state index >= 15 is 0 Å². The summed E-state index contributed by atoms with van der Waals surface area (Å²) in [5.74, 6) is 0.441. The van der Waals surface area contributed by atoms with Gasteiger partial charge < -0.3 is 20.6 Å². The molecular weight excluding hydrogens is 350 g/mol. The third-order valence-corrected chi connectivity index (χ3v) is 5.93. The summed E-state index contributed by atoms with van der Waals surface area (Å²) in [5, 5.41) is 16.5. The van der Waals surface area contributed by atoms with Crippen LogP contribution in [0.15, 0.2) is 54.6 Å². The number of amides is 1. The van der Waals surface area contributed by atoms with Crippen LogP contribution < -0.4 is 10.6 Å². The Morgan fingerprint density at radius 1 is 1.11 bits per heavy atom. The smallest absolute Gasteiger partial charge is 0.227 e. The van der Waals surface area contributed by atoms with Crippen molar-refractivity contribution in [3.8, 4) is 5.75 Å². The normalized spacial score (nSPS) is 17.3. The number of benzene rings is 2. The van der Waals surface area contributed by atoms with E-state index in [-0.39, 0.29) is 23.1 Å². The molecule has 0 aromatic heterocycles. The van der Waals surface area contributed by atoms with Gasteiger partial charge in [0.05, 0.1) is 5.92 Å². The summed E-state index contributed by atoms with van der Waals surface area (Å²) in [6, 6.07) is 17.7. The highest BCUT2D eigenvalue weighted by molar-refractivity contribution is 5.79. The zero-order valence-corrected chi connectivity index (χ0v) is 16.8. The number of hydrogen-bond donors (Lipinski definition) is 3. The van der Waals surface area contributed by atoms with E-state index in [1.807, 2.05) is 55.4 Å². The summed E-state index contributed by atoms with van der Waals surface area (Å²) in [7, 11) is 3.86. The topological polar surface area (TPSA) is 64.6 Å². The van der Waals surface area contributed by atoms with Gasteiger partial charge in [-0.2, -0.15) is 0 Å². The molecule has 2 aromatic rings. The van der Waals surface area contributed by atoms with Crippen LogP contribution in [0.2, 0.25) is 0 Å². The fourth-order valence-electron chi connectivity index (χ4n) is 4.25. The van der Waals surface area contributed by atoms with Crippen molar-refractivity contribution in [3.05, 3.63) is 65.7 Å². The van der Waals surface area contributed by atoms with E-state index in [9.17, 15) is 9.90 Å². The van der Waals surface area contributed by atoms with Crippen molar-refractivity contribution in [2.75, 3.05) is 33.7 Å². The average molecular weight is 382 g/mol. The minimum absolute atomic E-state index is 0.0599. The molecule has 0 saturated carbocycles. The Kier molecular flexibility index (Phi) is 6.70. The van der Waals surface area contributed by atoms with Crippen molar-refractivity contribution >= 4 is 5.91 Å². The average Bonchev–Trinajstić information content (AvgIpc) is 2.74. The van der Waals surface area contributed by atoms with E-state index in [2.05, 4.69) is 22.8 Å². The number of piperidine rings is 1. The predicted octanol–water partition coefficient (Wildman–Crippen LogP) is 2.51. The SMILES string of the molecule is CNCC(Cc1ccccc1)C(=O)N1CCC(NC)(c2cccc(O)c2)CC1. The minimum Gasteiger partial charge on any atom is -0.508 e. The minimum atomic E-state index is -0.201. The molecule has 1 saturated heterocycles. The summed E-state index contributed by atoms with van der Waals surface area (Å²) >= 11 is 0. The zero-order valence-electron chi connectivity index (χ0n) is 16.8. The van der Waals surface area contributed by atoms with Gasteiger partial charge in [0.1, 0.15) is 5.75 Å². The van der Waals surface area contributed by atoms with E-state index in [4.69, 9.17) is 0 Å². The highest BCUT2D eigenvalue weighted by Gasteiger charge is 2.37. The number of carbonyl (C=O) groups is 1. The van der Waals surface area contributed by atoms with Gasteiger partial charge in [-0.25, -0.2) is 0 Å². The van der Waals surface area contributed by atoms with Crippen molar-refractivity contribution in [1.29, 1.82) is 0 Å². The molecule has 1 atom stereocenters. The highest BCUT2D eigenvalue weighted by atomic mass is 16.3. The standard InChI is InChI=1S/C23H31N3O2/c1-24-17-19(15-18-7-4-3-5-8-18)22(28)26-13-11-23(25-2,12-14-26)20-9-6-10-21(27)16-20/h3-10,16,19,24-25,27H,11-15,17H2,1-2H3. The Hall–Kier alpha value is -2.37. The second-order valence-corrected chi connectivity index (χ2v) is 7.65. The highest BCUT2D eigenvalue weighted by Crippen LogP contribution is 2.34. The molecule has 0 aliphatic carbocycles. The molecule has 3 rings (SSSR count). The first kappa shape index (κ1) is 20.4. The van der Waals surface area contributed by atoms with Gasteiger partial charge in [0.2, 0.25) is 5.91 Å². The lowest BCUT2D eigenvalue weighted by atomic mass is 9.80. The number of phenolic OH excluding ortho intramolecular Hbond substituents is 1. The lowest BCUT2D eigenvalue weighted by Crippen LogP contribution is -2.53. The van der Waals surface area contributed by atoms with Crippen LogP contribution in [0.25, 0.3) is 0 Å². The van der Waals surface area contributed by atoms with Gasteiger partial charge in [0.15, 0.2) is 0 Å².